The summed E-state index contributed by atoms with van der Waals surface area (Å²) in [6.45, 7) is 1.50. The molecule has 2 amide bonds. The maximum atomic E-state index is 12.1. The predicted molar refractivity (Wildman–Crippen MR) is 86.3 cm³/mol. The molecular formula is C15H14N2O7S. The maximum absolute atomic E-state index is 12.1. The molecule has 3 N–H and O–H groups in total. The number of anilines is 1. The minimum atomic E-state index is -1.57. The lowest BCUT2D eigenvalue weighted by molar-refractivity contribution is -0.156. The lowest BCUT2D eigenvalue weighted by atomic mass is 9.93. The van der Waals surface area contributed by atoms with Crippen molar-refractivity contribution in [3.8, 4) is 5.75 Å². The van der Waals surface area contributed by atoms with Gasteiger partial charge in [0.25, 0.3) is 5.88 Å². The molecule has 1 aromatic rings. The van der Waals surface area contributed by atoms with Gasteiger partial charge in [0.05, 0.1) is 12.0 Å². The molecule has 2 aliphatic heterocycles. The number of aliphatic hydroxyl groups is 1. The van der Waals surface area contributed by atoms with E-state index >= 15 is 0 Å². The van der Waals surface area contributed by atoms with Crippen LogP contribution in [-0.2, 0) is 14.3 Å². The molecule has 0 unspecified atom stereocenters. The first-order valence-electron chi connectivity index (χ1n) is 7.23. The van der Waals surface area contributed by atoms with Crippen molar-refractivity contribution >= 4 is 35.9 Å². The molecule has 132 valence electrons. The van der Waals surface area contributed by atoms with Gasteiger partial charge < -0.3 is 25.0 Å². The first-order chi connectivity index (χ1) is 11.9. The smallest absolute Gasteiger partial charge is 0.449 e. The van der Waals surface area contributed by atoms with E-state index < -0.39 is 29.5 Å². The third-order valence-electron chi connectivity index (χ3n) is 3.70. The highest BCUT2D eigenvalue weighted by atomic mass is 32.2. The summed E-state index contributed by atoms with van der Waals surface area (Å²) in [4.78, 5) is 34.6. The molecule has 9 nitrogen and oxygen atoms in total. The normalized spacial score (nSPS) is 22.8. The highest BCUT2D eigenvalue weighted by Gasteiger charge is 2.58. The van der Waals surface area contributed by atoms with E-state index in [1.165, 1.54) is 6.92 Å². The zero-order valence-corrected chi connectivity index (χ0v) is 13.7. The van der Waals surface area contributed by atoms with Gasteiger partial charge in [0.1, 0.15) is 11.1 Å². The number of amides is 2. The van der Waals surface area contributed by atoms with Crippen molar-refractivity contribution in [3.05, 3.63) is 35.2 Å². The molecule has 0 saturated carbocycles. The van der Waals surface area contributed by atoms with Gasteiger partial charge in [0.15, 0.2) is 0 Å². The van der Waals surface area contributed by atoms with Crippen molar-refractivity contribution in [2.24, 2.45) is 5.92 Å². The van der Waals surface area contributed by atoms with E-state index in [-0.39, 0.29) is 11.0 Å². The lowest BCUT2D eigenvalue weighted by Crippen LogP contribution is -2.60. The Labute approximate surface area is 146 Å². The van der Waals surface area contributed by atoms with Crippen molar-refractivity contribution in [2.75, 3.05) is 5.32 Å². The first-order valence-corrected chi connectivity index (χ1v) is 8.11. The second-order valence-corrected chi connectivity index (χ2v) is 6.42. The van der Waals surface area contributed by atoms with Crippen LogP contribution in [0.2, 0.25) is 0 Å². The highest BCUT2D eigenvalue weighted by Crippen LogP contribution is 2.50. The Morgan fingerprint density at radius 2 is 2.08 bits per heavy atom. The Hall–Kier alpha value is -2.72. The Bertz CT molecular complexity index is 747. The average Bonchev–Trinajstić information content (AvgIpc) is 2.81. The number of thioether (sulfide) groups is 1. The Balaban J connectivity index is 1.82. The minimum Gasteiger partial charge on any atom is -0.449 e. The molecule has 10 heteroatoms. The van der Waals surface area contributed by atoms with Crippen LogP contribution in [0.5, 0.6) is 5.75 Å². The van der Waals surface area contributed by atoms with E-state index in [1.807, 2.05) is 0 Å². The van der Waals surface area contributed by atoms with Gasteiger partial charge in [0, 0.05) is 5.69 Å². The van der Waals surface area contributed by atoms with Crippen LogP contribution in [0.1, 0.15) is 6.92 Å². The number of carboxylic acid groups (broad SMARTS) is 1. The second kappa shape index (κ2) is 6.65. The fourth-order valence-corrected chi connectivity index (χ4v) is 3.97. The van der Waals surface area contributed by atoms with E-state index in [0.717, 1.165) is 16.7 Å². The molecular weight excluding hydrogens is 352 g/mol. The molecule has 0 aliphatic carbocycles. The van der Waals surface area contributed by atoms with E-state index in [2.05, 4.69) is 5.32 Å². The number of nitrogens with zero attached hydrogens (tertiary/aromatic N) is 1. The lowest BCUT2D eigenvalue weighted by Gasteiger charge is -2.42. The molecule has 3 atom stereocenters. The van der Waals surface area contributed by atoms with Gasteiger partial charge >= 0.3 is 6.16 Å². The second-order valence-electron chi connectivity index (χ2n) is 5.33. The topological polar surface area (TPSA) is 125 Å². The number of hydrogen-bond donors (Lipinski definition) is 3. The summed E-state index contributed by atoms with van der Waals surface area (Å²) in [7, 11) is 0. The van der Waals surface area contributed by atoms with Gasteiger partial charge in [-0.25, -0.2) is 4.79 Å². The van der Waals surface area contributed by atoms with Crippen molar-refractivity contribution in [1.29, 1.82) is 0 Å². The van der Waals surface area contributed by atoms with Crippen molar-refractivity contribution in [1.82, 2.24) is 4.90 Å². The fourth-order valence-electron chi connectivity index (χ4n) is 2.57. The standard InChI is InChI=1S/C15H14N2O7S/c1-7(19)10-11(20)17-12(24-15(21)22)14(25-13(10)17)23-9-4-2-8(3-5-9)16-6-18/h2-7,10,13,19H,1H3,(H,16,18)(H,21,22)/t7-,10+,13-/m1/s1. The third-order valence-corrected chi connectivity index (χ3v) is 4.92. The monoisotopic (exact) mass is 366 g/mol. The van der Waals surface area contributed by atoms with Crippen molar-refractivity contribution in [2.45, 2.75) is 18.4 Å². The summed E-state index contributed by atoms with van der Waals surface area (Å²) < 4.78 is 10.3. The molecule has 0 aromatic heterocycles. The molecule has 0 bridgehead atoms. The number of ether oxygens (including phenoxy) is 2. The van der Waals surface area contributed by atoms with E-state index in [1.54, 1.807) is 24.3 Å². The van der Waals surface area contributed by atoms with Gasteiger partial charge in [-0.15, -0.1) is 0 Å². The maximum Gasteiger partial charge on any atom is 0.512 e. The van der Waals surface area contributed by atoms with Crippen molar-refractivity contribution in [3.63, 3.8) is 0 Å². The summed E-state index contributed by atoms with van der Waals surface area (Å²) >= 11 is 1.10. The number of hydrogen-bond acceptors (Lipinski definition) is 7. The van der Waals surface area contributed by atoms with Gasteiger partial charge in [-0.3, -0.25) is 14.5 Å². The summed E-state index contributed by atoms with van der Waals surface area (Å²) in [5.74, 6) is -0.918. The summed E-state index contributed by atoms with van der Waals surface area (Å²) in [5, 5.41) is 20.7. The first kappa shape index (κ1) is 17.1. The number of rotatable bonds is 6. The number of nitrogens with one attached hydrogen (secondary N) is 1. The van der Waals surface area contributed by atoms with Crippen LogP contribution in [0.4, 0.5) is 10.5 Å². The zero-order valence-electron chi connectivity index (χ0n) is 12.9. The minimum absolute atomic E-state index is 0.111. The number of aliphatic hydroxyl groups excluding tert-OH is 1. The van der Waals surface area contributed by atoms with Gasteiger partial charge in [-0.05, 0) is 31.2 Å². The van der Waals surface area contributed by atoms with Gasteiger partial charge in [0.2, 0.25) is 17.4 Å². The molecule has 25 heavy (non-hydrogen) atoms. The molecule has 1 aromatic carbocycles. The van der Waals surface area contributed by atoms with Crippen LogP contribution in [0.3, 0.4) is 0 Å². The number of carbonyl (C=O) groups excluding carboxylic acids is 2. The Kier molecular flexibility index (Phi) is 4.55. The third kappa shape index (κ3) is 3.13. The van der Waals surface area contributed by atoms with Crippen LogP contribution >= 0.6 is 11.8 Å². The van der Waals surface area contributed by atoms with Gasteiger partial charge in [-0.2, -0.15) is 0 Å². The van der Waals surface area contributed by atoms with Crippen LogP contribution in [0.15, 0.2) is 35.2 Å². The molecule has 0 spiro atoms. The number of fused-ring (bicyclic) bond motifs is 1. The Morgan fingerprint density at radius 1 is 1.40 bits per heavy atom. The fraction of sp³-hybridized carbons (Fsp3) is 0.267. The van der Waals surface area contributed by atoms with Crippen molar-refractivity contribution < 1.29 is 34.1 Å². The molecule has 2 heterocycles. The summed E-state index contributed by atoms with van der Waals surface area (Å²) in [5.41, 5.74) is 0.561. The zero-order chi connectivity index (χ0) is 18.1. The molecule has 2 aliphatic rings. The predicted octanol–water partition coefficient (Wildman–Crippen LogP) is 1.37. The number of carbonyl (C=O) groups is 3. The SMILES string of the molecule is C[C@@H](O)[C@H]1C(=O)N2C(OC(=O)O)=C(Oc3ccc(NC=O)cc3)S[C@H]12. The number of β-lactam (4-membered cyclic amide) rings is 1. The van der Waals surface area contributed by atoms with Crippen LogP contribution < -0.4 is 10.1 Å². The van der Waals surface area contributed by atoms with E-state index in [4.69, 9.17) is 14.6 Å². The Morgan fingerprint density at radius 3 is 2.64 bits per heavy atom. The molecule has 3 rings (SSSR count). The molecule has 0 radical (unpaired) electrons. The summed E-state index contributed by atoms with van der Waals surface area (Å²) in [6.07, 6.45) is -1.91. The van der Waals surface area contributed by atoms with Crippen LogP contribution in [-0.4, -0.2) is 45.1 Å². The van der Waals surface area contributed by atoms with Gasteiger partial charge in [-0.1, -0.05) is 11.8 Å². The molecule has 1 fully saturated rings. The van der Waals surface area contributed by atoms with E-state index in [9.17, 15) is 19.5 Å². The van der Waals surface area contributed by atoms with E-state index in [0.29, 0.717) is 17.8 Å². The largest absolute Gasteiger partial charge is 0.512 e. The van der Waals surface area contributed by atoms with Crippen LogP contribution in [0, 0.1) is 5.92 Å². The molecule has 1 saturated heterocycles. The summed E-state index contributed by atoms with van der Waals surface area (Å²) in [6, 6.07) is 6.34. The highest BCUT2D eigenvalue weighted by molar-refractivity contribution is 8.03. The average molecular weight is 366 g/mol. The van der Waals surface area contributed by atoms with Crippen LogP contribution in [0.25, 0.3) is 0 Å². The quantitative estimate of drug-likeness (QED) is 0.392. The number of benzene rings is 1.